The van der Waals surface area contributed by atoms with Gasteiger partial charge in [-0.15, -0.1) is 0 Å². The van der Waals surface area contributed by atoms with E-state index in [2.05, 4.69) is 15.0 Å². The minimum absolute atomic E-state index is 0. The number of carbonyl (C=O) groups is 1. The number of alkyl halides is 3. The number of aromatic amines is 1. The summed E-state index contributed by atoms with van der Waals surface area (Å²) in [6.07, 6.45) is -2.32. The van der Waals surface area contributed by atoms with Crippen LogP contribution in [0, 0.1) is 5.41 Å². The Kier molecular flexibility index (Phi) is 7.86. The van der Waals surface area contributed by atoms with Crippen LogP contribution in [0.5, 0.6) is 5.75 Å². The van der Waals surface area contributed by atoms with Crippen LogP contribution in [-0.4, -0.2) is 27.5 Å². The largest absolute Gasteiger partial charge is 1.00 e. The third-order valence-electron chi connectivity index (χ3n) is 4.22. The Morgan fingerprint density at radius 2 is 1.67 bits per heavy atom. The number of carbonyl (C=O) groups excluding carboxylic acids is 1. The van der Waals surface area contributed by atoms with Crippen molar-refractivity contribution in [2.24, 2.45) is 5.41 Å². The van der Waals surface area contributed by atoms with Crippen molar-refractivity contribution in [1.82, 2.24) is 15.0 Å². The van der Waals surface area contributed by atoms with Gasteiger partial charge in [0, 0.05) is 22.7 Å². The molecule has 6 nitrogen and oxygen atoms in total. The molecule has 0 spiro atoms. The first-order valence-corrected chi connectivity index (χ1v) is 8.59. The second-order valence-electron chi connectivity index (χ2n) is 7.06. The van der Waals surface area contributed by atoms with E-state index in [0.29, 0.717) is 17.0 Å². The van der Waals surface area contributed by atoms with Gasteiger partial charge in [-0.3, -0.25) is 4.98 Å². The van der Waals surface area contributed by atoms with Gasteiger partial charge in [0.25, 0.3) is 0 Å². The molecule has 0 saturated carbocycles. The SMILES string of the molecule is CC(C)(COc1ccc(-c2ccc(-c3ncc(C(F)(F)F)[nH]3)cn2)cc1)C(=O)[O-].[K+]. The molecule has 2 aromatic heterocycles. The molecule has 0 bridgehead atoms. The van der Waals surface area contributed by atoms with E-state index >= 15 is 0 Å². The number of aliphatic carboxylic acids is 1. The van der Waals surface area contributed by atoms with Gasteiger partial charge in [0.2, 0.25) is 0 Å². The van der Waals surface area contributed by atoms with E-state index in [1.165, 1.54) is 20.0 Å². The molecule has 0 amide bonds. The van der Waals surface area contributed by atoms with Crippen LogP contribution in [0.4, 0.5) is 13.2 Å². The average molecular weight is 443 g/mol. The third kappa shape index (κ3) is 5.91. The van der Waals surface area contributed by atoms with E-state index in [4.69, 9.17) is 4.74 Å². The van der Waals surface area contributed by atoms with Gasteiger partial charge in [0.1, 0.15) is 17.3 Å². The number of ether oxygens (including phenoxy) is 1. The number of nitrogens with zero attached hydrogens (tertiary/aromatic N) is 2. The molecule has 2 heterocycles. The zero-order valence-electron chi connectivity index (χ0n) is 16.6. The number of benzene rings is 1. The van der Waals surface area contributed by atoms with Crippen molar-refractivity contribution in [3.8, 4) is 28.4 Å². The Morgan fingerprint density at radius 1 is 1.03 bits per heavy atom. The van der Waals surface area contributed by atoms with Crippen LogP contribution in [0.25, 0.3) is 22.6 Å². The fourth-order valence-electron chi connectivity index (χ4n) is 2.36. The Balaban J connectivity index is 0.00000320. The zero-order chi connectivity index (χ0) is 21.2. The van der Waals surface area contributed by atoms with Crippen LogP contribution in [-0.2, 0) is 11.0 Å². The number of aromatic nitrogens is 3. The zero-order valence-corrected chi connectivity index (χ0v) is 19.7. The van der Waals surface area contributed by atoms with Gasteiger partial charge in [0.15, 0.2) is 0 Å². The summed E-state index contributed by atoms with van der Waals surface area (Å²) in [7, 11) is 0. The predicted molar refractivity (Wildman–Crippen MR) is 96.5 cm³/mol. The maximum atomic E-state index is 12.7. The van der Waals surface area contributed by atoms with E-state index in [9.17, 15) is 23.1 Å². The number of halogens is 3. The standard InChI is InChI=1S/C20H18F3N3O3.K/c1-19(2,18(27)28)11-29-14-6-3-12(4-7-14)15-8-5-13(9-24-15)17-25-10-16(26-17)20(21,22)23;/h3-10H,11H2,1-2H3,(H,25,26)(H,27,28);/q;+1/p-1. The summed E-state index contributed by atoms with van der Waals surface area (Å²) in [5, 5.41) is 11.0. The van der Waals surface area contributed by atoms with Gasteiger partial charge in [-0.25, -0.2) is 4.98 Å². The predicted octanol–water partition coefficient (Wildman–Crippen LogP) is 0.316. The number of pyridine rings is 1. The van der Waals surface area contributed by atoms with Gasteiger partial charge in [-0.1, -0.05) is 13.8 Å². The number of carboxylic acids is 1. The Hall–Kier alpha value is -1.72. The molecule has 0 fully saturated rings. The molecule has 152 valence electrons. The molecule has 30 heavy (non-hydrogen) atoms. The summed E-state index contributed by atoms with van der Waals surface area (Å²) in [5.41, 5.74) is -0.243. The maximum Gasteiger partial charge on any atom is 1.00 e. The first-order valence-electron chi connectivity index (χ1n) is 8.59. The molecule has 0 aliphatic rings. The fourth-order valence-corrected chi connectivity index (χ4v) is 2.36. The van der Waals surface area contributed by atoms with Crippen LogP contribution in [0.15, 0.2) is 48.8 Å². The van der Waals surface area contributed by atoms with Crippen molar-refractivity contribution in [3.05, 3.63) is 54.5 Å². The molecule has 3 aromatic rings. The molecule has 0 radical (unpaired) electrons. The monoisotopic (exact) mass is 443 g/mol. The normalized spacial score (nSPS) is 11.6. The van der Waals surface area contributed by atoms with Crippen molar-refractivity contribution in [3.63, 3.8) is 0 Å². The van der Waals surface area contributed by atoms with Gasteiger partial charge >= 0.3 is 57.6 Å². The molecular weight excluding hydrogens is 426 g/mol. The summed E-state index contributed by atoms with van der Waals surface area (Å²) >= 11 is 0. The Labute approximate surface area is 213 Å². The number of carboxylic acid groups (broad SMARTS) is 1. The van der Waals surface area contributed by atoms with Crippen LogP contribution in [0.1, 0.15) is 19.5 Å². The Bertz CT molecular complexity index is 1000. The molecule has 0 aliphatic carbocycles. The third-order valence-corrected chi connectivity index (χ3v) is 4.22. The fraction of sp³-hybridized carbons (Fsp3) is 0.250. The van der Waals surface area contributed by atoms with Crippen molar-refractivity contribution in [2.45, 2.75) is 20.0 Å². The van der Waals surface area contributed by atoms with E-state index in [1.54, 1.807) is 36.4 Å². The number of imidazole rings is 1. The maximum absolute atomic E-state index is 12.7. The van der Waals surface area contributed by atoms with Crippen molar-refractivity contribution in [2.75, 3.05) is 6.61 Å². The van der Waals surface area contributed by atoms with Gasteiger partial charge in [-0.2, -0.15) is 13.2 Å². The molecule has 0 atom stereocenters. The summed E-state index contributed by atoms with van der Waals surface area (Å²) in [6.45, 7) is 2.99. The van der Waals surface area contributed by atoms with Crippen molar-refractivity contribution in [1.29, 1.82) is 0 Å². The van der Waals surface area contributed by atoms with E-state index in [0.717, 1.165) is 11.8 Å². The van der Waals surface area contributed by atoms with E-state index in [-0.39, 0.29) is 63.8 Å². The number of nitrogens with one attached hydrogen (secondary N) is 1. The summed E-state index contributed by atoms with van der Waals surface area (Å²) in [4.78, 5) is 21.2. The second kappa shape index (κ2) is 9.61. The average Bonchev–Trinajstić information content (AvgIpc) is 3.18. The van der Waals surface area contributed by atoms with E-state index < -0.39 is 23.3 Å². The number of rotatable bonds is 6. The summed E-state index contributed by atoms with van der Waals surface area (Å²) in [6, 6.07) is 10.1. The summed E-state index contributed by atoms with van der Waals surface area (Å²) in [5.74, 6) is -0.622. The van der Waals surface area contributed by atoms with Crippen LogP contribution in [0.2, 0.25) is 0 Å². The molecular formula is C20H17F3KN3O3. The van der Waals surface area contributed by atoms with Gasteiger partial charge in [-0.05, 0) is 36.4 Å². The molecule has 10 heteroatoms. The quantitative estimate of drug-likeness (QED) is 0.554. The molecule has 0 aliphatic heterocycles. The second-order valence-corrected chi connectivity index (χ2v) is 7.06. The smallest absolute Gasteiger partial charge is 0.549 e. The van der Waals surface area contributed by atoms with E-state index in [1.807, 2.05) is 0 Å². The first-order chi connectivity index (χ1) is 13.6. The number of H-pyrrole nitrogens is 1. The topological polar surface area (TPSA) is 90.9 Å². The van der Waals surface area contributed by atoms with Gasteiger partial charge in [0.05, 0.1) is 24.5 Å². The summed E-state index contributed by atoms with van der Waals surface area (Å²) < 4.78 is 43.5. The minimum Gasteiger partial charge on any atom is -0.549 e. The van der Waals surface area contributed by atoms with Crippen LogP contribution < -0.4 is 61.2 Å². The van der Waals surface area contributed by atoms with Crippen LogP contribution in [0.3, 0.4) is 0 Å². The van der Waals surface area contributed by atoms with Crippen molar-refractivity contribution < 1.29 is 79.2 Å². The first kappa shape index (κ1) is 24.5. The molecule has 3 rings (SSSR count). The molecule has 1 aromatic carbocycles. The number of hydrogen-bond donors (Lipinski definition) is 1. The molecule has 1 N–H and O–H groups in total. The number of hydrogen-bond acceptors (Lipinski definition) is 5. The van der Waals surface area contributed by atoms with Crippen LogP contribution >= 0.6 is 0 Å². The molecule has 0 saturated heterocycles. The van der Waals surface area contributed by atoms with Gasteiger partial charge < -0.3 is 19.6 Å². The minimum atomic E-state index is -4.49. The van der Waals surface area contributed by atoms with Crippen molar-refractivity contribution >= 4 is 5.97 Å². The Morgan fingerprint density at radius 3 is 2.17 bits per heavy atom. The molecule has 0 unspecified atom stereocenters.